The van der Waals surface area contributed by atoms with E-state index in [9.17, 15) is 14.4 Å². The lowest BCUT2D eigenvalue weighted by atomic mass is 10.0. The summed E-state index contributed by atoms with van der Waals surface area (Å²) in [5.41, 5.74) is 0.176. The molecule has 0 aliphatic carbocycles. The summed E-state index contributed by atoms with van der Waals surface area (Å²) in [6.07, 6.45) is 1.52. The fourth-order valence-corrected chi connectivity index (χ4v) is 3.83. The molecule has 2 heterocycles. The van der Waals surface area contributed by atoms with Crippen LogP contribution in [-0.4, -0.2) is 34.7 Å². The van der Waals surface area contributed by atoms with Gasteiger partial charge in [-0.15, -0.1) is 11.3 Å². The van der Waals surface area contributed by atoms with E-state index in [1.165, 1.54) is 22.5 Å². The number of carbonyl (C=O) groups is 3. The second-order valence-corrected chi connectivity index (χ2v) is 9.26. The summed E-state index contributed by atoms with van der Waals surface area (Å²) in [7, 11) is 0. The van der Waals surface area contributed by atoms with Gasteiger partial charge < -0.3 is 20.0 Å². The molecule has 168 valence electrons. The fourth-order valence-electron chi connectivity index (χ4n) is 3.19. The monoisotopic (exact) mass is 453 g/mol. The van der Waals surface area contributed by atoms with E-state index in [2.05, 4.69) is 10.6 Å². The third-order valence-electron chi connectivity index (χ3n) is 4.55. The summed E-state index contributed by atoms with van der Waals surface area (Å²) >= 11 is 1.29. The van der Waals surface area contributed by atoms with E-state index in [-0.39, 0.29) is 24.9 Å². The van der Waals surface area contributed by atoms with Crippen LogP contribution in [0.3, 0.4) is 0 Å². The molecule has 7 nitrogen and oxygen atoms in total. The van der Waals surface area contributed by atoms with Gasteiger partial charge >= 0.3 is 0 Å². The van der Waals surface area contributed by atoms with Crippen LogP contribution < -0.4 is 10.6 Å². The lowest BCUT2D eigenvalue weighted by Gasteiger charge is -2.33. The molecule has 3 aromatic rings. The molecule has 0 spiro atoms. The molecule has 0 fully saturated rings. The molecule has 1 atom stereocenters. The van der Waals surface area contributed by atoms with Crippen LogP contribution >= 0.6 is 11.3 Å². The first kappa shape index (κ1) is 23.3. The smallest absolute Gasteiger partial charge is 0.261 e. The molecule has 3 amide bonds. The summed E-state index contributed by atoms with van der Waals surface area (Å²) in [6.45, 7) is 5.48. The Kier molecular flexibility index (Phi) is 7.48. The lowest BCUT2D eigenvalue weighted by Crippen LogP contribution is -2.50. The Balaban J connectivity index is 1.89. The average Bonchev–Trinajstić information content (AvgIpc) is 3.45. The molecule has 2 aromatic heterocycles. The number of rotatable bonds is 8. The zero-order valence-corrected chi connectivity index (χ0v) is 19.1. The standard InChI is InChI=1S/C24H27N3O4S/c1-24(2,3)26-23(30)21(17-9-5-4-6-10-17)27(16-18-11-7-13-31-18)20(28)15-25-22(29)19-12-8-14-32-19/h4-14,21H,15-16H2,1-3H3,(H,25,29)(H,26,30). The Bertz CT molecular complexity index is 1030. The molecule has 1 unspecified atom stereocenters. The van der Waals surface area contributed by atoms with Crippen LogP contribution in [0.25, 0.3) is 0 Å². The predicted octanol–water partition coefficient (Wildman–Crippen LogP) is 3.76. The van der Waals surface area contributed by atoms with Gasteiger partial charge in [0.1, 0.15) is 11.8 Å². The highest BCUT2D eigenvalue weighted by atomic mass is 32.1. The minimum Gasteiger partial charge on any atom is -0.467 e. The highest BCUT2D eigenvalue weighted by molar-refractivity contribution is 7.12. The molecule has 32 heavy (non-hydrogen) atoms. The number of nitrogens with zero attached hydrogens (tertiary/aromatic N) is 1. The molecule has 0 saturated heterocycles. The molecule has 2 N–H and O–H groups in total. The number of nitrogens with one attached hydrogen (secondary N) is 2. The van der Waals surface area contributed by atoms with E-state index >= 15 is 0 Å². The minimum atomic E-state index is -0.897. The Morgan fingerprint density at radius 1 is 1.03 bits per heavy atom. The molecular weight excluding hydrogens is 426 g/mol. The second kappa shape index (κ2) is 10.3. The second-order valence-electron chi connectivity index (χ2n) is 8.31. The van der Waals surface area contributed by atoms with Crippen LogP contribution in [0.2, 0.25) is 0 Å². The van der Waals surface area contributed by atoms with Crippen molar-refractivity contribution in [1.82, 2.24) is 15.5 Å². The van der Waals surface area contributed by atoms with Crippen LogP contribution in [-0.2, 0) is 16.1 Å². The van der Waals surface area contributed by atoms with Gasteiger partial charge in [0.15, 0.2) is 0 Å². The fraction of sp³-hybridized carbons (Fsp3) is 0.292. The summed E-state index contributed by atoms with van der Waals surface area (Å²) in [4.78, 5) is 40.9. The third kappa shape index (κ3) is 6.31. The SMILES string of the molecule is CC(C)(C)NC(=O)C(c1ccccc1)N(Cc1ccco1)C(=O)CNC(=O)c1cccs1. The summed E-state index contributed by atoms with van der Waals surface area (Å²) in [6, 6.07) is 15.1. The first-order valence-corrected chi connectivity index (χ1v) is 11.1. The van der Waals surface area contributed by atoms with Crippen molar-refractivity contribution in [3.8, 4) is 0 Å². The molecule has 0 aliphatic heterocycles. The number of thiophene rings is 1. The maximum atomic E-state index is 13.3. The molecule has 0 radical (unpaired) electrons. The van der Waals surface area contributed by atoms with Gasteiger partial charge in [-0.3, -0.25) is 14.4 Å². The molecule has 0 aliphatic rings. The van der Waals surface area contributed by atoms with E-state index in [0.29, 0.717) is 16.2 Å². The van der Waals surface area contributed by atoms with Gasteiger partial charge in [-0.05, 0) is 49.9 Å². The third-order valence-corrected chi connectivity index (χ3v) is 5.41. The van der Waals surface area contributed by atoms with Crippen LogP contribution in [0, 0.1) is 0 Å². The molecule has 0 bridgehead atoms. The summed E-state index contributed by atoms with van der Waals surface area (Å²) < 4.78 is 5.45. The highest BCUT2D eigenvalue weighted by Gasteiger charge is 2.33. The first-order valence-electron chi connectivity index (χ1n) is 10.2. The van der Waals surface area contributed by atoms with E-state index in [1.807, 2.05) is 39.0 Å². The number of furan rings is 1. The van der Waals surface area contributed by atoms with Gasteiger partial charge in [0.05, 0.1) is 24.2 Å². The molecular formula is C24H27N3O4S. The summed E-state index contributed by atoms with van der Waals surface area (Å²) in [5, 5.41) is 7.42. The maximum absolute atomic E-state index is 13.3. The quantitative estimate of drug-likeness (QED) is 0.543. The Morgan fingerprint density at radius 3 is 2.38 bits per heavy atom. The summed E-state index contributed by atoms with van der Waals surface area (Å²) in [5.74, 6) is -0.508. The van der Waals surface area contributed by atoms with Crippen molar-refractivity contribution in [3.05, 3.63) is 82.4 Å². The number of benzene rings is 1. The van der Waals surface area contributed by atoms with Gasteiger partial charge in [0, 0.05) is 5.54 Å². The van der Waals surface area contributed by atoms with Crippen LogP contribution in [0.5, 0.6) is 0 Å². The number of amides is 3. The van der Waals surface area contributed by atoms with Crippen LogP contribution in [0.15, 0.2) is 70.7 Å². The molecule has 3 rings (SSSR count). The highest BCUT2D eigenvalue weighted by Crippen LogP contribution is 2.25. The zero-order chi connectivity index (χ0) is 23.1. The Labute approximate surface area is 191 Å². The number of hydrogen-bond donors (Lipinski definition) is 2. The first-order chi connectivity index (χ1) is 15.2. The number of hydrogen-bond acceptors (Lipinski definition) is 5. The van der Waals surface area contributed by atoms with Crippen LogP contribution in [0.4, 0.5) is 0 Å². The van der Waals surface area contributed by atoms with Crippen molar-refractivity contribution in [2.45, 2.75) is 38.9 Å². The maximum Gasteiger partial charge on any atom is 0.261 e. The van der Waals surface area contributed by atoms with Crippen molar-refractivity contribution in [3.63, 3.8) is 0 Å². The van der Waals surface area contributed by atoms with Gasteiger partial charge in [-0.25, -0.2) is 0 Å². The number of carbonyl (C=O) groups excluding carboxylic acids is 3. The lowest BCUT2D eigenvalue weighted by molar-refractivity contribution is -0.141. The molecule has 1 aromatic carbocycles. The Morgan fingerprint density at radius 2 is 1.78 bits per heavy atom. The van der Waals surface area contributed by atoms with Gasteiger partial charge in [0.25, 0.3) is 5.91 Å². The molecule has 8 heteroatoms. The van der Waals surface area contributed by atoms with Gasteiger partial charge in [0.2, 0.25) is 11.8 Å². The van der Waals surface area contributed by atoms with E-state index in [4.69, 9.17) is 4.42 Å². The molecule has 0 saturated carbocycles. The van der Waals surface area contributed by atoms with Gasteiger partial charge in [-0.1, -0.05) is 36.4 Å². The minimum absolute atomic E-state index is 0.0812. The van der Waals surface area contributed by atoms with E-state index in [0.717, 1.165) is 0 Å². The van der Waals surface area contributed by atoms with Crippen molar-refractivity contribution in [1.29, 1.82) is 0 Å². The van der Waals surface area contributed by atoms with E-state index in [1.54, 1.807) is 41.8 Å². The van der Waals surface area contributed by atoms with E-state index < -0.39 is 17.5 Å². The topological polar surface area (TPSA) is 91.7 Å². The van der Waals surface area contributed by atoms with Gasteiger partial charge in [-0.2, -0.15) is 0 Å². The Hall–Kier alpha value is -3.39. The van der Waals surface area contributed by atoms with Crippen LogP contribution in [0.1, 0.15) is 47.8 Å². The zero-order valence-electron chi connectivity index (χ0n) is 18.3. The van der Waals surface area contributed by atoms with Crippen molar-refractivity contribution >= 4 is 29.1 Å². The van der Waals surface area contributed by atoms with Crippen molar-refractivity contribution < 1.29 is 18.8 Å². The van der Waals surface area contributed by atoms with Crippen molar-refractivity contribution in [2.75, 3.05) is 6.54 Å². The van der Waals surface area contributed by atoms with Crippen molar-refractivity contribution in [2.24, 2.45) is 0 Å². The average molecular weight is 454 g/mol. The largest absolute Gasteiger partial charge is 0.467 e. The predicted molar refractivity (Wildman–Crippen MR) is 123 cm³/mol. The normalized spacial score (nSPS) is 12.1.